The molecule has 0 radical (unpaired) electrons. The second-order valence-electron chi connectivity index (χ2n) is 21.5. The normalized spacial score (nSPS) is 13.0. The Hall–Kier alpha value is -6.37. The van der Waals surface area contributed by atoms with Crippen molar-refractivity contribution >= 4 is 50.6 Å². The molecule has 0 amide bonds. The number of nitrogens with zero attached hydrogens (tertiary/aromatic N) is 5. The van der Waals surface area contributed by atoms with E-state index in [0.29, 0.717) is 17.1 Å². The van der Waals surface area contributed by atoms with E-state index in [1.165, 1.54) is 16.7 Å². The van der Waals surface area contributed by atoms with E-state index in [9.17, 15) is 5.26 Å². The molecule has 0 spiro atoms. The molecule has 0 bridgehead atoms. The molecule has 1 aliphatic rings. The van der Waals surface area contributed by atoms with Crippen LogP contribution in [0.15, 0.2) is 128 Å². The maximum atomic E-state index is 9.89. The van der Waals surface area contributed by atoms with Crippen molar-refractivity contribution in [2.75, 3.05) is 0 Å². The quantitative estimate of drug-likeness (QED) is 0.123. The van der Waals surface area contributed by atoms with Crippen LogP contribution in [0.2, 0.25) is 0 Å². The molecule has 3 heterocycles. The van der Waals surface area contributed by atoms with E-state index in [4.69, 9.17) is 9.72 Å². The van der Waals surface area contributed by atoms with Crippen molar-refractivity contribution < 1.29 is 25.8 Å². The Morgan fingerprint density at radius 1 is 0.606 bits per heavy atom. The monoisotopic (exact) mass is 1050 g/mol. The zero-order chi connectivity index (χ0) is 46.2. The molecule has 0 N–H and O–H groups in total. The summed E-state index contributed by atoms with van der Waals surface area (Å²) in [5.74, 6) is 1.83. The smallest absolute Gasteiger partial charge is 0.509 e. The molecular formula is C59H57N5OPt+2. The molecule has 1 aliphatic heterocycles. The summed E-state index contributed by atoms with van der Waals surface area (Å²) in [6.07, 6.45) is 1.85. The average Bonchev–Trinajstić information content (AvgIpc) is 3.81. The Bertz CT molecular complexity index is 3300. The number of benzene rings is 6. The molecule has 6 aromatic carbocycles. The molecule has 0 fully saturated rings. The third-order valence-electron chi connectivity index (χ3n) is 12.5. The first kappa shape index (κ1) is 46.2. The predicted octanol–water partition coefficient (Wildman–Crippen LogP) is 15.2. The largest absolute Gasteiger partial charge is 2.00 e. The van der Waals surface area contributed by atoms with Crippen molar-refractivity contribution in [3.63, 3.8) is 0 Å². The number of ether oxygens (including phenoxy) is 1. The summed E-state index contributed by atoms with van der Waals surface area (Å²) in [7, 11) is 0. The SMILES string of the molecule is CC(C)(C)c1cccc(-c2cccc3c2[N+](c2cc(C(C)(C)C)cc(C(C)(C)C)c2)=C=[N+]3c2[c-]c(Oc3[c-]c4c(cc3)c3ccc(C#N)cc3n4-c3cc(C(C)(C)C)ccn3)ccc2)c1.[Pt+2]. The molecule has 332 valence electrons. The summed E-state index contributed by atoms with van der Waals surface area (Å²) >= 11 is 0. The van der Waals surface area contributed by atoms with Crippen LogP contribution < -0.4 is 13.9 Å². The van der Waals surface area contributed by atoms with Crippen molar-refractivity contribution in [3.8, 4) is 34.5 Å². The summed E-state index contributed by atoms with van der Waals surface area (Å²) in [6, 6.07) is 55.8. The van der Waals surface area contributed by atoms with Gasteiger partial charge in [-0.1, -0.05) is 148 Å². The van der Waals surface area contributed by atoms with Gasteiger partial charge in [0.1, 0.15) is 11.5 Å². The van der Waals surface area contributed by atoms with Crippen molar-refractivity contribution in [1.29, 1.82) is 5.26 Å². The van der Waals surface area contributed by atoms with Gasteiger partial charge < -0.3 is 9.30 Å². The molecule has 66 heavy (non-hydrogen) atoms. The molecule has 0 saturated heterocycles. The third kappa shape index (κ3) is 8.71. The van der Waals surface area contributed by atoms with Gasteiger partial charge in [-0.15, -0.1) is 23.6 Å². The maximum absolute atomic E-state index is 9.89. The predicted molar refractivity (Wildman–Crippen MR) is 269 cm³/mol. The minimum absolute atomic E-state index is 0. The molecule has 8 aromatic rings. The number of rotatable bonds is 6. The standard InChI is InChI=1S/C59H57N5O.Pt/c1-56(2,3)40-17-13-16-39(29-40)48-20-15-21-51-55(48)63(45-31-42(58(7,8)9)30-43(32-45)59(10,11)12)37-62(51)44-18-14-19-46(34-44)65-47-23-25-50-49-24-22-38(36-60)28-52(49)64(53(50)35-47)54-33-41(26-27-61-54)57(4,5)6;/h13-33H,1-12H3;/q;+2. The van der Waals surface area contributed by atoms with Gasteiger partial charge >= 0.3 is 32.8 Å². The van der Waals surface area contributed by atoms with Gasteiger partial charge in [0.15, 0.2) is 0 Å². The van der Waals surface area contributed by atoms with Crippen LogP contribution in [0.1, 0.15) is 111 Å². The van der Waals surface area contributed by atoms with E-state index in [1.807, 2.05) is 42.6 Å². The summed E-state index contributed by atoms with van der Waals surface area (Å²) < 4.78 is 13.1. The van der Waals surface area contributed by atoms with E-state index in [2.05, 4.69) is 206 Å². The minimum atomic E-state index is -0.0838. The Balaban J connectivity index is 0.00000592. The number of hydrogen-bond donors (Lipinski definition) is 0. The van der Waals surface area contributed by atoms with Crippen LogP contribution in [0.5, 0.6) is 11.5 Å². The fourth-order valence-corrected chi connectivity index (χ4v) is 8.55. The second kappa shape index (κ2) is 16.8. The van der Waals surface area contributed by atoms with Crippen LogP contribution in [0.4, 0.5) is 22.7 Å². The molecule has 0 atom stereocenters. The van der Waals surface area contributed by atoms with Crippen LogP contribution in [-0.4, -0.2) is 15.6 Å². The zero-order valence-electron chi connectivity index (χ0n) is 40.1. The van der Waals surface area contributed by atoms with Crippen LogP contribution in [0, 0.1) is 23.5 Å². The van der Waals surface area contributed by atoms with Gasteiger partial charge in [-0.3, -0.25) is 0 Å². The molecule has 0 aliphatic carbocycles. The van der Waals surface area contributed by atoms with E-state index in [1.54, 1.807) is 0 Å². The van der Waals surface area contributed by atoms with E-state index < -0.39 is 0 Å². The van der Waals surface area contributed by atoms with Gasteiger partial charge in [0.2, 0.25) is 5.69 Å². The number of fused-ring (bicyclic) bond motifs is 4. The fraction of sp³-hybridized carbons (Fsp3) is 0.271. The third-order valence-corrected chi connectivity index (χ3v) is 12.5. The molecule has 0 saturated carbocycles. The number of pyridine rings is 1. The van der Waals surface area contributed by atoms with Crippen molar-refractivity contribution in [1.82, 2.24) is 18.7 Å². The Kier molecular flexibility index (Phi) is 11.8. The maximum Gasteiger partial charge on any atom is 2.00 e. The van der Waals surface area contributed by atoms with Crippen molar-refractivity contribution in [3.05, 3.63) is 167 Å². The van der Waals surface area contributed by atoms with Crippen LogP contribution in [0.3, 0.4) is 0 Å². The summed E-state index contributed by atoms with van der Waals surface area (Å²) in [5, 5.41) is 11.9. The van der Waals surface area contributed by atoms with Gasteiger partial charge in [0, 0.05) is 41.4 Å². The van der Waals surface area contributed by atoms with E-state index in [-0.39, 0.29) is 42.7 Å². The number of nitriles is 1. The Labute approximate surface area is 404 Å². The number of para-hydroxylation sites is 1. The van der Waals surface area contributed by atoms with Crippen LogP contribution in [-0.2, 0) is 42.7 Å². The summed E-state index contributed by atoms with van der Waals surface area (Å²) in [5.41, 5.74) is 13.2. The Morgan fingerprint density at radius 2 is 1.24 bits per heavy atom. The zero-order valence-corrected chi connectivity index (χ0v) is 42.4. The van der Waals surface area contributed by atoms with Gasteiger partial charge in [0.05, 0.1) is 17.2 Å². The average molecular weight is 1050 g/mol. The van der Waals surface area contributed by atoms with E-state index in [0.717, 1.165) is 67.1 Å². The minimum Gasteiger partial charge on any atom is -0.509 e. The molecular weight excluding hydrogens is 990 g/mol. The van der Waals surface area contributed by atoms with Gasteiger partial charge in [-0.25, -0.2) is 4.98 Å². The van der Waals surface area contributed by atoms with Crippen molar-refractivity contribution in [2.45, 2.75) is 105 Å². The first-order valence-corrected chi connectivity index (χ1v) is 22.5. The topological polar surface area (TPSA) is 56.9 Å². The number of hydrogen-bond acceptors (Lipinski definition) is 3. The summed E-state index contributed by atoms with van der Waals surface area (Å²) in [6.45, 7) is 27.0. The molecule has 0 unspecified atom stereocenters. The Morgan fingerprint density at radius 3 is 1.92 bits per heavy atom. The summed E-state index contributed by atoms with van der Waals surface area (Å²) in [4.78, 5) is 4.84. The first-order chi connectivity index (χ1) is 30.7. The molecule has 9 rings (SSSR count). The number of aromatic nitrogens is 2. The second-order valence-corrected chi connectivity index (χ2v) is 21.5. The first-order valence-electron chi connectivity index (χ1n) is 22.5. The van der Waals surface area contributed by atoms with Gasteiger partial charge in [-0.2, -0.15) is 17.4 Å². The van der Waals surface area contributed by atoms with Crippen LogP contribution >= 0.6 is 0 Å². The van der Waals surface area contributed by atoms with Crippen molar-refractivity contribution in [2.24, 2.45) is 0 Å². The van der Waals surface area contributed by atoms with E-state index >= 15 is 0 Å². The van der Waals surface area contributed by atoms with Crippen LogP contribution in [0.25, 0.3) is 38.8 Å². The van der Waals surface area contributed by atoms with Gasteiger partial charge in [-0.05, 0) is 89.8 Å². The molecule has 2 aromatic heterocycles. The molecule has 7 heteroatoms. The fourth-order valence-electron chi connectivity index (χ4n) is 8.55. The van der Waals surface area contributed by atoms with Gasteiger partial charge in [0.25, 0.3) is 5.69 Å². The molecule has 6 nitrogen and oxygen atoms in total.